The number of morpholine rings is 1. The highest BCUT2D eigenvalue weighted by Gasteiger charge is 2.31. The molecule has 5 nitrogen and oxygen atoms in total. The van der Waals surface area contributed by atoms with E-state index in [0.717, 1.165) is 17.8 Å². The number of hydrogen-bond donors (Lipinski definition) is 1. The summed E-state index contributed by atoms with van der Waals surface area (Å²) in [5, 5.41) is 3.08. The van der Waals surface area contributed by atoms with Crippen molar-refractivity contribution >= 4 is 11.6 Å². The van der Waals surface area contributed by atoms with E-state index in [1.165, 1.54) is 0 Å². The number of carbonyl (C=O) groups is 1. The van der Waals surface area contributed by atoms with Gasteiger partial charge in [0, 0.05) is 25.5 Å². The minimum absolute atomic E-state index is 0.0313. The van der Waals surface area contributed by atoms with Crippen LogP contribution < -0.4 is 5.32 Å². The van der Waals surface area contributed by atoms with E-state index in [1.54, 1.807) is 6.20 Å². The van der Waals surface area contributed by atoms with E-state index in [9.17, 15) is 4.79 Å². The molecule has 1 amide bonds. The largest absolute Gasteiger partial charge is 0.387 e. The monoisotopic (exact) mass is 277 g/mol. The maximum atomic E-state index is 12.8. The molecule has 0 spiro atoms. The molecule has 5 heteroatoms. The maximum absolute atomic E-state index is 12.8. The van der Waals surface area contributed by atoms with Gasteiger partial charge in [0.2, 0.25) is 0 Å². The average molecular weight is 277 g/mol. The summed E-state index contributed by atoms with van der Waals surface area (Å²) in [5.41, 5.74) is 2.36. The predicted molar refractivity (Wildman–Crippen MR) is 79.1 cm³/mol. The molecule has 110 valence electrons. The summed E-state index contributed by atoms with van der Waals surface area (Å²) in [6.45, 7) is 7.24. The molecule has 2 unspecified atom stereocenters. The summed E-state index contributed by atoms with van der Waals surface area (Å²) < 4.78 is 5.65. The third kappa shape index (κ3) is 2.93. The van der Waals surface area contributed by atoms with Gasteiger partial charge in [-0.2, -0.15) is 0 Å². The van der Waals surface area contributed by atoms with Gasteiger partial charge in [-0.3, -0.25) is 9.78 Å². The van der Waals surface area contributed by atoms with Gasteiger partial charge in [-0.15, -0.1) is 0 Å². The Morgan fingerprint density at radius 1 is 1.60 bits per heavy atom. The molecule has 0 bridgehead atoms. The van der Waals surface area contributed by atoms with Crippen molar-refractivity contribution in [2.75, 3.05) is 25.5 Å². The zero-order valence-electron chi connectivity index (χ0n) is 12.6. The van der Waals surface area contributed by atoms with Crippen molar-refractivity contribution in [1.29, 1.82) is 0 Å². The van der Waals surface area contributed by atoms with Gasteiger partial charge in [-0.25, -0.2) is 0 Å². The molecule has 1 fully saturated rings. The van der Waals surface area contributed by atoms with Gasteiger partial charge >= 0.3 is 0 Å². The molecule has 0 aliphatic carbocycles. The molecule has 0 saturated carbocycles. The van der Waals surface area contributed by atoms with Gasteiger partial charge < -0.3 is 15.0 Å². The zero-order valence-corrected chi connectivity index (χ0v) is 12.6. The first kappa shape index (κ1) is 14.8. The molecule has 1 aromatic rings. The van der Waals surface area contributed by atoms with Gasteiger partial charge in [-0.05, 0) is 26.3 Å². The minimum Gasteiger partial charge on any atom is -0.387 e. The topological polar surface area (TPSA) is 54.5 Å². The lowest BCUT2D eigenvalue weighted by Gasteiger charge is -2.38. The second-order valence-electron chi connectivity index (χ2n) is 5.28. The fourth-order valence-corrected chi connectivity index (χ4v) is 2.52. The molecule has 0 radical (unpaired) electrons. The average Bonchev–Trinajstić information content (AvgIpc) is 2.46. The Kier molecular flexibility index (Phi) is 4.60. The first-order chi connectivity index (χ1) is 9.56. The number of anilines is 1. The van der Waals surface area contributed by atoms with Gasteiger partial charge in [0.15, 0.2) is 0 Å². The van der Waals surface area contributed by atoms with E-state index in [2.05, 4.69) is 17.2 Å². The number of ether oxygens (including phenoxy) is 1. The second-order valence-corrected chi connectivity index (χ2v) is 5.28. The summed E-state index contributed by atoms with van der Waals surface area (Å²) in [5.74, 6) is 0.0313. The zero-order chi connectivity index (χ0) is 14.7. The number of nitrogens with one attached hydrogen (secondary N) is 1. The van der Waals surface area contributed by atoms with Crippen molar-refractivity contribution in [3.63, 3.8) is 0 Å². The van der Waals surface area contributed by atoms with Crippen LogP contribution in [0.3, 0.4) is 0 Å². The lowest BCUT2D eigenvalue weighted by Crippen LogP contribution is -2.51. The molecule has 1 aromatic heterocycles. The number of pyridine rings is 1. The van der Waals surface area contributed by atoms with Crippen molar-refractivity contribution in [2.45, 2.75) is 39.3 Å². The normalized spacial score (nSPS) is 22.7. The van der Waals surface area contributed by atoms with Crippen LogP contribution in [-0.2, 0) is 4.74 Å². The van der Waals surface area contributed by atoms with Crippen molar-refractivity contribution < 1.29 is 9.53 Å². The molecule has 0 aromatic carbocycles. The van der Waals surface area contributed by atoms with Crippen LogP contribution in [0, 0.1) is 6.92 Å². The van der Waals surface area contributed by atoms with Crippen LogP contribution in [0.2, 0.25) is 0 Å². The molecule has 2 atom stereocenters. The number of rotatable bonds is 3. The number of amides is 1. The van der Waals surface area contributed by atoms with E-state index in [0.29, 0.717) is 18.7 Å². The van der Waals surface area contributed by atoms with Gasteiger partial charge in [0.05, 0.1) is 30.0 Å². The summed E-state index contributed by atoms with van der Waals surface area (Å²) in [7, 11) is 1.82. The number of aryl methyl sites for hydroxylation is 1. The Bertz CT molecular complexity index is 490. The molecule has 1 N–H and O–H groups in total. The smallest absolute Gasteiger partial charge is 0.257 e. The van der Waals surface area contributed by atoms with E-state index in [1.807, 2.05) is 31.9 Å². The Hall–Kier alpha value is -1.62. The number of aromatic nitrogens is 1. The summed E-state index contributed by atoms with van der Waals surface area (Å²) >= 11 is 0. The van der Waals surface area contributed by atoms with Crippen LogP contribution in [-0.4, -0.2) is 48.1 Å². The van der Waals surface area contributed by atoms with E-state index < -0.39 is 0 Å². The Labute approximate surface area is 120 Å². The molecule has 2 rings (SSSR count). The molecule has 20 heavy (non-hydrogen) atoms. The highest BCUT2D eigenvalue weighted by Crippen LogP contribution is 2.22. The standard InChI is InChI=1S/C15H23N3O2/c1-5-12-9-20-11(3)8-18(12)15(19)13-7-17-10(2)6-14(13)16-4/h6-7,11-12H,5,8-9H2,1-4H3,(H,16,17). The number of nitrogens with zero attached hydrogens (tertiary/aromatic N) is 2. The molecular formula is C15H23N3O2. The van der Waals surface area contributed by atoms with Crippen molar-refractivity contribution in [2.24, 2.45) is 0 Å². The third-order valence-electron chi connectivity index (χ3n) is 3.74. The molecule has 2 heterocycles. The minimum atomic E-state index is 0.0313. The third-order valence-corrected chi connectivity index (χ3v) is 3.74. The number of carbonyl (C=O) groups excluding carboxylic acids is 1. The molecule has 1 saturated heterocycles. The lowest BCUT2D eigenvalue weighted by atomic mass is 10.1. The van der Waals surface area contributed by atoms with Crippen LogP contribution in [0.25, 0.3) is 0 Å². The van der Waals surface area contributed by atoms with Crippen molar-refractivity contribution in [3.8, 4) is 0 Å². The van der Waals surface area contributed by atoms with Crippen molar-refractivity contribution in [3.05, 3.63) is 23.5 Å². The van der Waals surface area contributed by atoms with Crippen LogP contribution in [0.15, 0.2) is 12.3 Å². The Balaban J connectivity index is 2.29. The Morgan fingerprint density at radius 2 is 2.35 bits per heavy atom. The maximum Gasteiger partial charge on any atom is 0.257 e. The molecule has 1 aliphatic heterocycles. The summed E-state index contributed by atoms with van der Waals surface area (Å²) in [6, 6.07) is 2.04. The first-order valence-corrected chi connectivity index (χ1v) is 7.13. The van der Waals surface area contributed by atoms with E-state index in [-0.39, 0.29) is 18.1 Å². The highest BCUT2D eigenvalue weighted by atomic mass is 16.5. The van der Waals surface area contributed by atoms with Gasteiger partial charge in [-0.1, -0.05) is 6.92 Å². The van der Waals surface area contributed by atoms with Crippen LogP contribution in [0.4, 0.5) is 5.69 Å². The van der Waals surface area contributed by atoms with Crippen LogP contribution in [0.5, 0.6) is 0 Å². The van der Waals surface area contributed by atoms with Crippen LogP contribution in [0.1, 0.15) is 36.3 Å². The quantitative estimate of drug-likeness (QED) is 0.919. The Morgan fingerprint density at radius 3 is 3.00 bits per heavy atom. The van der Waals surface area contributed by atoms with Gasteiger partial charge in [0.25, 0.3) is 5.91 Å². The SMILES string of the molecule is CCC1COC(C)CN1C(=O)c1cnc(C)cc1NC. The van der Waals surface area contributed by atoms with Gasteiger partial charge in [0.1, 0.15) is 0 Å². The first-order valence-electron chi connectivity index (χ1n) is 7.13. The van der Waals surface area contributed by atoms with E-state index >= 15 is 0 Å². The fourth-order valence-electron chi connectivity index (χ4n) is 2.52. The molecular weight excluding hydrogens is 254 g/mol. The highest BCUT2D eigenvalue weighted by molar-refractivity contribution is 5.99. The van der Waals surface area contributed by atoms with Crippen LogP contribution >= 0.6 is 0 Å². The lowest BCUT2D eigenvalue weighted by molar-refractivity contribution is -0.0443. The summed E-state index contributed by atoms with van der Waals surface area (Å²) in [6.07, 6.45) is 2.64. The van der Waals surface area contributed by atoms with Crippen molar-refractivity contribution in [1.82, 2.24) is 9.88 Å². The molecule has 1 aliphatic rings. The fraction of sp³-hybridized carbons (Fsp3) is 0.600. The second kappa shape index (κ2) is 6.22. The summed E-state index contributed by atoms with van der Waals surface area (Å²) in [4.78, 5) is 19.0. The predicted octanol–water partition coefficient (Wildman–Crippen LogP) is 2.07. The van der Waals surface area contributed by atoms with E-state index in [4.69, 9.17) is 4.74 Å². The number of hydrogen-bond acceptors (Lipinski definition) is 4.